The van der Waals surface area contributed by atoms with Crippen LogP contribution in [-0.4, -0.2) is 44.2 Å². The molecule has 0 bridgehead atoms. The fraction of sp³-hybridized carbons (Fsp3) is 0.421. The van der Waals surface area contributed by atoms with Crippen molar-refractivity contribution in [1.29, 1.82) is 0 Å². The third-order valence-corrected chi connectivity index (χ3v) is 5.02. The second-order valence-electron chi connectivity index (χ2n) is 6.84. The van der Waals surface area contributed by atoms with Crippen LogP contribution in [0.1, 0.15) is 24.0 Å². The van der Waals surface area contributed by atoms with Gasteiger partial charge in [-0.3, -0.25) is 0 Å². The van der Waals surface area contributed by atoms with Gasteiger partial charge in [-0.05, 0) is 24.1 Å². The van der Waals surface area contributed by atoms with E-state index >= 15 is 0 Å². The highest BCUT2D eigenvalue weighted by Crippen LogP contribution is 2.35. The Hall–Kier alpha value is -1.91. The monoisotopic (exact) mass is 470 g/mol. The number of nitrogens with zero attached hydrogens (tertiary/aromatic N) is 1. The van der Waals surface area contributed by atoms with Gasteiger partial charge in [0.1, 0.15) is 22.3 Å². The molecule has 1 aromatic heterocycles. The van der Waals surface area contributed by atoms with Gasteiger partial charge < -0.3 is 10.1 Å². The van der Waals surface area contributed by atoms with Crippen molar-refractivity contribution in [3.8, 4) is 5.88 Å². The highest BCUT2D eigenvalue weighted by Gasteiger charge is 2.42. The molecule has 0 aliphatic carbocycles. The molecule has 1 aromatic carbocycles. The van der Waals surface area contributed by atoms with E-state index in [0.29, 0.717) is 6.54 Å². The largest absolute Gasteiger partial charge is 0.476 e. The summed E-state index contributed by atoms with van der Waals surface area (Å²) in [5.41, 5.74) is 0.645. The van der Waals surface area contributed by atoms with Crippen LogP contribution < -0.4 is 10.1 Å². The lowest BCUT2D eigenvalue weighted by Crippen LogP contribution is -2.31. The summed E-state index contributed by atoms with van der Waals surface area (Å²) >= 11 is 0. The van der Waals surface area contributed by atoms with Gasteiger partial charge in [-0.25, -0.2) is 17.8 Å². The predicted molar refractivity (Wildman–Crippen MR) is 108 cm³/mol. The van der Waals surface area contributed by atoms with Gasteiger partial charge in [0.25, 0.3) is 0 Å². The molecule has 0 saturated heterocycles. The molecule has 0 amide bonds. The summed E-state index contributed by atoms with van der Waals surface area (Å²) in [4.78, 5) is 3.78. The van der Waals surface area contributed by atoms with Crippen LogP contribution in [0, 0.1) is 5.82 Å². The van der Waals surface area contributed by atoms with Gasteiger partial charge in [-0.15, -0.1) is 12.4 Å². The maximum atomic E-state index is 13.2. The topological polar surface area (TPSA) is 68.3 Å². The Labute approximate surface area is 179 Å². The summed E-state index contributed by atoms with van der Waals surface area (Å²) in [7, 11) is -3.79. The van der Waals surface area contributed by atoms with E-state index in [4.69, 9.17) is 4.74 Å². The van der Waals surface area contributed by atoms with Crippen LogP contribution in [0.25, 0.3) is 0 Å². The van der Waals surface area contributed by atoms with Crippen molar-refractivity contribution in [2.24, 2.45) is 0 Å². The first kappa shape index (κ1) is 26.1. The Kier molecular flexibility index (Phi) is 9.51. The van der Waals surface area contributed by atoms with E-state index in [0.717, 1.165) is 18.0 Å². The highest BCUT2D eigenvalue weighted by molar-refractivity contribution is 7.90. The number of alkyl halides is 3. The van der Waals surface area contributed by atoms with Gasteiger partial charge in [0.05, 0.1) is 17.9 Å². The predicted octanol–water partition coefficient (Wildman–Crippen LogP) is 3.89. The number of hydrogen-bond acceptors (Lipinski definition) is 5. The van der Waals surface area contributed by atoms with E-state index < -0.39 is 33.5 Å². The van der Waals surface area contributed by atoms with E-state index in [2.05, 4.69) is 10.3 Å². The van der Waals surface area contributed by atoms with Crippen LogP contribution in [0.3, 0.4) is 0 Å². The standard InChI is InChI=1S/C19H22F4N2O3S.ClH/c1-13(11-28-18-8-7-16(20)10-25-18)24-9-14-3-5-15(6-4-14)17(19(21,22)23)12-29(2,26)27;/h3-8,10,13,17,24H,9,11-12H2,1-2H3;1H/t13-,17-;/m0./s1. The number of benzene rings is 1. The van der Waals surface area contributed by atoms with Crippen molar-refractivity contribution >= 4 is 22.2 Å². The lowest BCUT2D eigenvalue weighted by atomic mass is 9.99. The number of pyridine rings is 1. The molecule has 2 aromatic rings. The fourth-order valence-electron chi connectivity index (χ4n) is 2.56. The zero-order valence-corrected chi connectivity index (χ0v) is 18.0. The molecule has 5 nitrogen and oxygen atoms in total. The maximum Gasteiger partial charge on any atom is 0.396 e. The molecule has 30 heavy (non-hydrogen) atoms. The summed E-state index contributed by atoms with van der Waals surface area (Å²) in [5, 5.41) is 3.15. The van der Waals surface area contributed by atoms with Crippen molar-refractivity contribution < 1.29 is 30.7 Å². The summed E-state index contributed by atoms with van der Waals surface area (Å²) in [6.07, 6.45) is -2.81. The van der Waals surface area contributed by atoms with Crippen molar-refractivity contribution in [2.75, 3.05) is 18.6 Å². The van der Waals surface area contributed by atoms with Gasteiger partial charge >= 0.3 is 6.18 Å². The number of hydrogen-bond donors (Lipinski definition) is 1. The van der Waals surface area contributed by atoms with Crippen LogP contribution in [-0.2, 0) is 16.4 Å². The first-order valence-corrected chi connectivity index (χ1v) is 10.8. The van der Waals surface area contributed by atoms with E-state index in [1.165, 1.54) is 36.4 Å². The Morgan fingerprint density at radius 2 is 1.77 bits per heavy atom. The summed E-state index contributed by atoms with van der Waals surface area (Å²) < 4.78 is 80.6. The molecule has 0 aliphatic rings. The highest BCUT2D eigenvalue weighted by atomic mass is 35.5. The summed E-state index contributed by atoms with van der Waals surface area (Å²) in [6, 6.07) is 8.19. The number of rotatable bonds is 9. The van der Waals surface area contributed by atoms with Crippen molar-refractivity contribution in [2.45, 2.75) is 31.6 Å². The molecule has 1 heterocycles. The minimum Gasteiger partial charge on any atom is -0.476 e. The smallest absolute Gasteiger partial charge is 0.396 e. The average Bonchev–Trinajstić information content (AvgIpc) is 2.63. The quantitative estimate of drug-likeness (QED) is 0.563. The average molecular weight is 471 g/mol. The molecule has 11 heteroatoms. The third kappa shape index (κ3) is 8.85. The van der Waals surface area contributed by atoms with Crippen LogP contribution in [0.4, 0.5) is 17.6 Å². The molecule has 0 saturated carbocycles. The van der Waals surface area contributed by atoms with Crippen molar-refractivity contribution in [3.63, 3.8) is 0 Å². The number of aromatic nitrogens is 1. The summed E-state index contributed by atoms with van der Waals surface area (Å²) in [5.74, 6) is -3.22. The minimum atomic E-state index is -4.65. The maximum absolute atomic E-state index is 13.2. The second-order valence-corrected chi connectivity index (χ2v) is 9.02. The first-order chi connectivity index (χ1) is 13.4. The first-order valence-electron chi connectivity index (χ1n) is 8.75. The number of nitrogens with one attached hydrogen (secondary N) is 1. The van der Waals surface area contributed by atoms with Crippen molar-refractivity contribution in [3.05, 3.63) is 59.5 Å². The van der Waals surface area contributed by atoms with Crippen LogP contribution >= 0.6 is 12.4 Å². The molecule has 0 fully saturated rings. The second kappa shape index (κ2) is 10.9. The van der Waals surface area contributed by atoms with E-state index in [-0.39, 0.29) is 36.5 Å². The molecule has 0 aliphatic heterocycles. The number of sulfone groups is 1. The van der Waals surface area contributed by atoms with Crippen LogP contribution in [0.5, 0.6) is 5.88 Å². The third-order valence-electron chi connectivity index (χ3n) is 4.08. The lowest BCUT2D eigenvalue weighted by molar-refractivity contribution is -0.145. The van der Waals surface area contributed by atoms with E-state index in [9.17, 15) is 26.0 Å². The van der Waals surface area contributed by atoms with Gasteiger partial charge in [-0.1, -0.05) is 24.3 Å². The Balaban J connectivity index is 0.00000450. The molecule has 0 radical (unpaired) electrons. The lowest BCUT2D eigenvalue weighted by Gasteiger charge is -2.20. The Morgan fingerprint density at radius 3 is 2.27 bits per heavy atom. The summed E-state index contributed by atoms with van der Waals surface area (Å²) in [6.45, 7) is 2.50. The van der Waals surface area contributed by atoms with Crippen molar-refractivity contribution in [1.82, 2.24) is 10.3 Å². The molecule has 2 rings (SSSR count). The molecule has 0 unspecified atom stereocenters. The Bertz CT molecular complexity index is 891. The molecular weight excluding hydrogens is 448 g/mol. The van der Waals surface area contributed by atoms with Gasteiger partial charge in [0, 0.05) is 24.9 Å². The van der Waals surface area contributed by atoms with E-state index in [1.54, 1.807) is 0 Å². The molecule has 168 valence electrons. The Morgan fingerprint density at radius 1 is 1.13 bits per heavy atom. The van der Waals surface area contributed by atoms with Crippen LogP contribution in [0.2, 0.25) is 0 Å². The van der Waals surface area contributed by atoms with Crippen LogP contribution in [0.15, 0.2) is 42.6 Å². The van der Waals surface area contributed by atoms with Gasteiger partial charge in [0.15, 0.2) is 0 Å². The SMILES string of the molecule is C[C@@H](COc1ccc(F)cn1)NCc1ccc([C@H](CS(C)(=O)=O)C(F)(F)F)cc1.Cl. The van der Waals surface area contributed by atoms with Gasteiger partial charge in [-0.2, -0.15) is 13.2 Å². The minimum absolute atomic E-state index is 0. The van der Waals surface area contributed by atoms with Gasteiger partial charge in [0.2, 0.25) is 5.88 Å². The zero-order valence-electron chi connectivity index (χ0n) is 16.3. The molecule has 0 spiro atoms. The van der Waals surface area contributed by atoms with E-state index in [1.807, 2.05) is 6.92 Å². The normalized spacial score (nSPS) is 13.9. The molecular formula is C19H23ClF4N2O3S. The fourth-order valence-corrected chi connectivity index (χ4v) is 3.55. The number of halogens is 5. The molecule has 1 N–H and O–H groups in total. The molecule has 2 atom stereocenters. The zero-order chi connectivity index (χ0) is 21.7. The number of ether oxygens (including phenoxy) is 1.